The van der Waals surface area contributed by atoms with Crippen LogP contribution in [-0.4, -0.2) is 30.3 Å². The van der Waals surface area contributed by atoms with Gasteiger partial charge in [-0.15, -0.1) is 0 Å². The molecule has 3 atom stereocenters. The first-order valence-corrected chi connectivity index (χ1v) is 8.40. The minimum absolute atomic E-state index is 0.119. The summed E-state index contributed by atoms with van der Waals surface area (Å²) in [6.45, 7) is 15.3. The Labute approximate surface area is 131 Å². The molecule has 0 saturated heterocycles. The number of carbonyl (C=O) groups excluding carboxylic acids is 1. The van der Waals surface area contributed by atoms with Crippen molar-refractivity contribution in [2.24, 2.45) is 5.92 Å². The molecule has 0 aromatic heterocycles. The van der Waals surface area contributed by atoms with Crippen LogP contribution in [0.2, 0.25) is 0 Å². The average molecular weight is 300 g/mol. The summed E-state index contributed by atoms with van der Waals surface area (Å²) in [6.07, 6.45) is 4.19. The van der Waals surface area contributed by atoms with E-state index in [1.165, 1.54) is 12.8 Å². The fraction of sp³-hybridized carbons (Fsp3) is 0.941. The molecule has 21 heavy (non-hydrogen) atoms. The maximum absolute atomic E-state index is 11.7. The minimum Gasteiger partial charge on any atom is -0.444 e. The van der Waals surface area contributed by atoms with E-state index in [2.05, 4.69) is 31.4 Å². The molecule has 0 saturated carbocycles. The summed E-state index contributed by atoms with van der Waals surface area (Å²) >= 11 is 0. The third kappa shape index (κ3) is 11.6. The zero-order valence-electron chi connectivity index (χ0n) is 15.1. The Morgan fingerprint density at radius 3 is 2.24 bits per heavy atom. The Morgan fingerprint density at radius 2 is 1.76 bits per heavy atom. The van der Waals surface area contributed by atoms with Crippen molar-refractivity contribution in [2.75, 3.05) is 6.54 Å². The van der Waals surface area contributed by atoms with E-state index < -0.39 is 5.60 Å². The number of carbonyl (C=O) groups is 1. The molecule has 1 amide bonds. The molecular weight excluding hydrogens is 264 g/mol. The van der Waals surface area contributed by atoms with Crippen LogP contribution in [0.1, 0.15) is 74.1 Å². The zero-order chi connectivity index (χ0) is 16.5. The Hall–Kier alpha value is -0.770. The molecule has 0 fully saturated rings. The van der Waals surface area contributed by atoms with Gasteiger partial charge in [0.05, 0.1) is 0 Å². The van der Waals surface area contributed by atoms with E-state index in [9.17, 15) is 4.79 Å². The van der Waals surface area contributed by atoms with E-state index in [1.54, 1.807) is 0 Å². The predicted octanol–water partition coefficient (Wildman–Crippen LogP) is 4.09. The Morgan fingerprint density at radius 1 is 1.14 bits per heavy atom. The zero-order valence-corrected chi connectivity index (χ0v) is 15.1. The van der Waals surface area contributed by atoms with Gasteiger partial charge in [0.1, 0.15) is 5.60 Å². The molecule has 0 aliphatic rings. The number of rotatable bonds is 9. The number of nitrogens with one attached hydrogen (secondary N) is 2. The molecule has 3 unspecified atom stereocenters. The average Bonchev–Trinajstić information content (AvgIpc) is 2.34. The van der Waals surface area contributed by atoms with Crippen LogP contribution < -0.4 is 10.6 Å². The van der Waals surface area contributed by atoms with Crippen molar-refractivity contribution in [3.05, 3.63) is 0 Å². The standard InChI is InChI=1S/C17H36N2O2/c1-8-13(3)12-15(9-2)18-11-10-14(4)19-16(20)21-17(5,6)7/h13-15,18H,8-12H2,1-7H3,(H,19,20). The molecule has 0 aromatic carbocycles. The lowest BCUT2D eigenvalue weighted by Gasteiger charge is -2.23. The van der Waals surface area contributed by atoms with Gasteiger partial charge in [0, 0.05) is 12.1 Å². The van der Waals surface area contributed by atoms with Crippen molar-refractivity contribution < 1.29 is 9.53 Å². The van der Waals surface area contributed by atoms with E-state index >= 15 is 0 Å². The third-order valence-electron chi connectivity index (χ3n) is 3.65. The molecule has 0 heterocycles. The molecular formula is C17H36N2O2. The number of hydrogen-bond donors (Lipinski definition) is 2. The molecule has 2 N–H and O–H groups in total. The second-order valence-electron chi connectivity index (χ2n) is 7.14. The van der Waals surface area contributed by atoms with Gasteiger partial charge in [-0.2, -0.15) is 0 Å². The third-order valence-corrected chi connectivity index (χ3v) is 3.65. The summed E-state index contributed by atoms with van der Waals surface area (Å²) in [4.78, 5) is 11.7. The number of hydrogen-bond acceptors (Lipinski definition) is 3. The second-order valence-corrected chi connectivity index (χ2v) is 7.14. The van der Waals surface area contributed by atoms with Gasteiger partial charge in [0.25, 0.3) is 0 Å². The van der Waals surface area contributed by atoms with Crippen molar-refractivity contribution in [3.8, 4) is 0 Å². The van der Waals surface area contributed by atoms with Crippen LogP contribution >= 0.6 is 0 Å². The van der Waals surface area contributed by atoms with Gasteiger partial charge in [-0.1, -0.05) is 27.2 Å². The van der Waals surface area contributed by atoms with Gasteiger partial charge in [0.15, 0.2) is 0 Å². The van der Waals surface area contributed by atoms with E-state index in [0.717, 1.165) is 25.3 Å². The fourth-order valence-electron chi connectivity index (χ4n) is 2.13. The number of alkyl carbamates (subject to hydrolysis) is 1. The van der Waals surface area contributed by atoms with Crippen molar-refractivity contribution in [1.29, 1.82) is 0 Å². The van der Waals surface area contributed by atoms with E-state index in [-0.39, 0.29) is 12.1 Å². The fourth-order valence-corrected chi connectivity index (χ4v) is 2.13. The molecule has 0 bridgehead atoms. The van der Waals surface area contributed by atoms with Crippen molar-refractivity contribution >= 4 is 6.09 Å². The normalized spacial score (nSPS) is 16.1. The van der Waals surface area contributed by atoms with Gasteiger partial charge in [-0.05, 0) is 59.4 Å². The van der Waals surface area contributed by atoms with Crippen molar-refractivity contribution in [1.82, 2.24) is 10.6 Å². The van der Waals surface area contributed by atoms with E-state index in [0.29, 0.717) is 6.04 Å². The lowest BCUT2D eigenvalue weighted by atomic mass is 9.97. The van der Waals surface area contributed by atoms with Gasteiger partial charge < -0.3 is 15.4 Å². The predicted molar refractivity (Wildman–Crippen MR) is 89.6 cm³/mol. The van der Waals surface area contributed by atoms with Gasteiger partial charge in [-0.25, -0.2) is 4.79 Å². The summed E-state index contributed by atoms with van der Waals surface area (Å²) in [5, 5.41) is 6.47. The van der Waals surface area contributed by atoms with Crippen LogP contribution in [-0.2, 0) is 4.74 Å². The molecule has 0 aromatic rings. The molecule has 0 radical (unpaired) electrons. The first kappa shape index (κ1) is 20.2. The lowest BCUT2D eigenvalue weighted by molar-refractivity contribution is 0.0506. The second kappa shape index (κ2) is 10.0. The van der Waals surface area contributed by atoms with Crippen molar-refractivity contribution in [2.45, 2.75) is 91.8 Å². The van der Waals surface area contributed by atoms with Crippen LogP contribution in [0.4, 0.5) is 4.79 Å². The molecule has 0 aliphatic carbocycles. The van der Waals surface area contributed by atoms with Crippen LogP contribution in [0.5, 0.6) is 0 Å². The smallest absolute Gasteiger partial charge is 0.407 e. The lowest BCUT2D eigenvalue weighted by Crippen LogP contribution is -2.40. The molecule has 126 valence electrons. The summed E-state index contributed by atoms with van der Waals surface area (Å²) in [5.41, 5.74) is -0.439. The number of amides is 1. The van der Waals surface area contributed by atoms with Crippen LogP contribution in [0.15, 0.2) is 0 Å². The first-order valence-electron chi connectivity index (χ1n) is 8.40. The topological polar surface area (TPSA) is 50.4 Å². The highest BCUT2D eigenvalue weighted by molar-refractivity contribution is 5.67. The van der Waals surface area contributed by atoms with Gasteiger partial charge in [0.2, 0.25) is 0 Å². The largest absolute Gasteiger partial charge is 0.444 e. The van der Waals surface area contributed by atoms with Crippen molar-refractivity contribution in [3.63, 3.8) is 0 Å². The SMILES string of the molecule is CCC(C)CC(CC)NCCC(C)NC(=O)OC(C)(C)C. The van der Waals surface area contributed by atoms with Crippen LogP contribution in [0, 0.1) is 5.92 Å². The highest BCUT2D eigenvalue weighted by Gasteiger charge is 2.17. The van der Waals surface area contributed by atoms with E-state index in [1.807, 2.05) is 27.7 Å². The molecule has 0 aliphatic heterocycles. The highest BCUT2D eigenvalue weighted by atomic mass is 16.6. The summed E-state index contributed by atoms with van der Waals surface area (Å²) in [6, 6.07) is 0.696. The first-order chi connectivity index (χ1) is 9.67. The minimum atomic E-state index is -0.439. The van der Waals surface area contributed by atoms with Crippen LogP contribution in [0.3, 0.4) is 0 Å². The summed E-state index contributed by atoms with van der Waals surface area (Å²) in [7, 11) is 0. The molecule has 4 nitrogen and oxygen atoms in total. The highest BCUT2D eigenvalue weighted by Crippen LogP contribution is 2.12. The van der Waals surface area contributed by atoms with Gasteiger partial charge >= 0.3 is 6.09 Å². The monoisotopic (exact) mass is 300 g/mol. The maximum Gasteiger partial charge on any atom is 0.407 e. The quantitative estimate of drug-likeness (QED) is 0.674. The molecule has 0 rings (SSSR count). The summed E-state index contributed by atoms with van der Waals surface area (Å²) < 4.78 is 5.25. The number of ether oxygens (including phenoxy) is 1. The molecule has 4 heteroatoms. The van der Waals surface area contributed by atoms with Gasteiger partial charge in [-0.3, -0.25) is 0 Å². The van der Waals surface area contributed by atoms with Crippen LogP contribution in [0.25, 0.3) is 0 Å². The Kier molecular flexibility index (Phi) is 9.67. The molecule has 0 spiro atoms. The van der Waals surface area contributed by atoms with E-state index in [4.69, 9.17) is 4.74 Å². The maximum atomic E-state index is 11.7. The Bertz CT molecular complexity index is 287. The summed E-state index contributed by atoms with van der Waals surface area (Å²) in [5.74, 6) is 0.764. The Balaban J connectivity index is 3.91.